The van der Waals surface area contributed by atoms with Crippen LogP contribution in [0.1, 0.15) is 19.8 Å². The molecule has 0 aliphatic carbocycles. The van der Waals surface area contributed by atoms with Crippen LogP contribution in [0.3, 0.4) is 0 Å². The molecular formula is C11H18N4O. The van der Waals surface area contributed by atoms with E-state index in [4.69, 9.17) is 10.5 Å². The standard InChI is InChI=1S/C11H18N4O/c1-3-8-4-5-15(7-8)9-6-10(16-2)14-11(12)13-9/h6,8H,3-5,7H2,1-2H3,(H2,12,13,14). The molecule has 1 aromatic heterocycles. The third kappa shape index (κ3) is 2.18. The first-order valence-corrected chi connectivity index (χ1v) is 5.66. The summed E-state index contributed by atoms with van der Waals surface area (Å²) in [5, 5.41) is 0. The van der Waals surface area contributed by atoms with E-state index < -0.39 is 0 Å². The van der Waals surface area contributed by atoms with Gasteiger partial charge < -0.3 is 15.4 Å². The maximum absolute atomic E-state index is 5.64. The van der Waals surface area contributed by atoms with Gasteiger partial charge in [-0.05, 0) is 12.3 Å². The lowest BCUT2D eigenvalue weighted by Gasteiger charge is -2.17. The van der Waals surface area contributed by atoms with Crippen molar-refractivity contribution in [2.75, 3.05) is 30.8 Å². The zero-order valence-electron chi connectivity index (χ0n) is 9.81. The highest BCUT2D eigenvalue weighted by atomic mass is 16.5. The maximum atomic E-state index is 5.64. The topological polar surface area (TPSA) is 64.3 Å². The van der Waals surface area contributed by atoms with Crippen LogP contribution in [0, 0.1) is 5.92 Å². The van der Waals surface area contributed by atoms with Gasteiger partial charge in [-0.15, -0.1) is 0 Å². The highest BCUT2D eigenvalue weighted by molar-refractivity contribution is 5.46. The van der Waals surface area contributed by atoms with E-state index in [1.807, 2.05) is 6.07 Å². The normalized spacial score (nSPS) is 20.1. The average Bonchev–Trinajstić information content (AvgIpc) is 2.76. The van der Waals surface area contributed by atoms with Gasteiger partial charge in [0.25, 0.3) is 0 Å². The molecule has 16 heavy (non-hydrogen) atoms. The third-order valence-corrected chi connectivity index (χ3v) is 3.10. The predicted octanol–water partition coefficient (Wildman–Crippen LogP) is 1.30. The molecule has 0 amide bonds. The summed E-state index contributed by atoms with van der Waals surface area (Å²) in [4.78, 5) is 10.5. The molecule has 0 radical (unpaired) electrons. The number of hydrogen-bond donors (Lipinski definition) is 1. The number of hydrogen-bond acceptors (Lipinski definition) is 5. The Hall–Kier alpha value is -1.52. The van der Waals surface area contributed by atoms with Gasteiger partial charge in [0.2, 0.25) is 11.8 Å². The maximum Gasteiger partial charge on any atom is 0.225 e. The van der Waals surface area contributed by atoms with Crippen molar-refractivity contribution < 1.29 is 4.74 Å². The van der Waals surface area contributed by atoms with Crippen LogP contribution in [0.25, 0.3) is 0 Å². The van der Waals surface area contributed by atoms with Crippen molar-refractivity contribution in [2.45, 2.75) is 19.8 Å². The van der Waals surface area contributed by atoms with E-state index in [9.17, 15) is 0 Å². The van der Waals surface area contributed by atoms with Gasteiger partial charge in [0.05, 0.1) is 7.11 Å². The number of rotatable bonds is 3. The van der Waals surface area contributed by atoms with Gasteiger partial charge in [-0.25, -0.2) is 0 Å². The number of nitrogens with two attached hydrogens (primary N) is 1. The molecule has 0 saturated carbocycles. The summed E-state index contributed by atoms with van der Waals surface area (Å²) in [6, 6.07) is 1.84. The average molecular weight is 222 g/mol. The number of methoxy groups -OCH3 is 1. The molecule has 1 aliphatic rings. The summed E-state index contributed by atoms with van der Waals surface area (Å²) in [5.74, 6) is 2.44. The van der Waals surface area contributed by atoms with E-state index in [-0.39, 0.29) is 5.95 Å². The van der Waals surface area contributed by atoms with Crippen LogP contribution < -0.4 is 15.4 Å². The molecule has 1 atom stereocenters. The Kier molecular flexibility index (Phi) is 3.12. The second-order valence-electron chi connectivity index (χ2n) is 4.14. The van der Waals surface area contributed by atoms with Crippen LogP contribution in [0.4, 0.5) is 11.8 Å². The summed E-state index contributed by atoms with van der Waals surface area (Å²) in [6.07, 6.45) is 2.44. The third-order valence-electron chi connectivity index (χ3n) is 3.10. The van der Waals surface area contributed by atoms with Crippen molar-refractivity contribution >= 4 is 11.8 Å². The smallest absolute Gasteiger partial charge is 0.225 e. The molecule has 88 valence electrons. The molecule has 2 rings (SSSR count). The summed E-state index contributed by atoms with van der Waals surface area (Å²) in [7, 11) is 1.59. The van der Waals surface area contributed by atoms with Gasteiger partial charge in [-0.3, -0.25) is 0 Å². The molecule has 0 aromatic carbocycles. The molecule has 1 aliphatic heterocycles. The minimum absolute atomic E-state index is 0.272. The van der Waals surface area contributed by atoms with E-state index in [0.29, 0.717) is 5.88 Å². The predicted molar refractivity (Wildman–Crippen MR) is 63.6 cm³/mol. The number of aromatic nitrogens is 2. The molecule has 5 heteroatoms. The molecular weight excluding hydrogens is 204 g/mol. The molecule has 1 aromatic rings. The Labute approximate surface area is 95.6 Å². The SMILES string of the molecule is CCC1CCN(c2cc(OC)nc(N)n2)C1. The number of nitrogens with zero attached hydrogens (tertiary/aromatic N) is 3. The summed E-state index contributed by atoms with van der Waals surface area (Å²) < 4.78 is 5.09. The van der Waals surface area contributed by atoms with Crippen LogP contribution in [0.2, 0.25) is 0 Å². The van der Waals surface area contributed by atoms with Gasteiger partial charge >= 0.3 is 0 Å². The van der Waals surface area contributed by atoms with Crippen LogP contribution >= 0.6 is 0 Å². The zero-order chi connectivity index (χ0) is 11.5. The van der Waals surface area contributed by atoms with Gasteiger partial charge in [-0.1, -0.05) is 13.3 Å². The first-order chi connectivity index (χ1) is 7.72. The minimum Gasteiger partial charge on any atom is -0.481 e. The highest BCUT2D eigenvalue weighted by Crippen LogP contribution is 2.26. The van der Waals surface area contributed by atoms with E-state index in [0.717, 1.165) is 24.8 Å². The Balaban J connectivity index is 2.17. The highest BCUT2D eigenvalue weighted by Gasteiger charge is 2.22. The van der Waals surface area contributed by atoms with Gasteiger partial charge in [0.1, 0.15) is 5.82 Å². The first kappa shape index (κ1) is 11.0. The number of nitrogen functional groups attached to an aromatic ring is 1. The molecule has 1 unspecified atom stereocenters. The van der Waals surface area contributed by atoms with E-state index in [2.05, 4.69) is 21.8 Å². The van der Waals surface area contributed by atoms with Crippen molar-refractivity contribution in [1.82, 2.24) is 9.97 Å². The largest absolute Gasteiger partial charge is 0.481 e. The molecule has 2 N–H and O–H groups in total. The fourth-order valence-corrected chi connectivity index (χ4v) is 2.07. The van der Waals surface area contributed by atoms with Gasteiger partial charge in [-0.2, -0.15) is 9.97 Å². The molecule has 0 bridgehead atoms. The monoisotopic (exact) mass is 222 g/mol. The lowest BCUT2D eigenvalue weighted by molar-refractivity contribution is 0.397. The zero-order valence-corrected chi connectivity index (χ0v) is 9.81. The van der Waals surface area contributed by atoms with Crippen LogP contribution in [-0.2, 0) is 0 Å². The van der Waals surface area contributed by atoms with Crippen LogP contribution in [-0.4, -0.2) is 30.2 Å². The fourth-order valence-electron chi connectivity index (χ4n) is 2.07. The Morgan fingerprint density at radius 2 is 2.38 bits per heavy atom. The van der Waals surface area contributed by atoms with Gasteiger partial charge in [0.15, 0.2) is 0 Å². The Morgan fingerprint density at radius 3 is 3.00 bits per heavy atom. The lowest BCUT2D eigenvalue weighted by atomic mass is 10.1. The molecule has 1 fully saturated rings. The van der Waals surface area contributed by atoms with E-state index in [1.165, 1.54) is 12.8 Å². The Bertz CT molecular complexity index is 369. The molecule has 1 saturated heterocycles. The number of anilines is 2. The minimum atomic E-state index is 0.272. The quantitative estimate of drug-likeness (QED) is 0.835. The van der Waals surface area contributed by atoms with E-state index in [1.54, 1.807) is 7.11 Å². The first-order valence-electron chi connectivity index (χ1n) is 5.66. The fraction of sp³-hybridized carbons (Fsp3) is 0.636. The summed E-state index contributed by atoms with van der Waals surface area (Å²) in [6.45, 7) is 4.32. The van der Waals surface area contributed by atoms with Crippen LogP contribution in [0.5, 0.6) is 5.88 Å². The summed E-state index contributed by atoms with van der Waals surface area (Å²) >= 11 is 0. The van der Waals surface area contributed by atoms with E-state index >= 15 is 0 Å². The van der Waals surface area contributed by atoms with Crippen molar-refractivity contribution in [3.63, 3.8) is 0 Å². The van der Waals surface area contributed by atoms with Crippen molar-refractivity contribution in [1.29, 1.82) is 0 Å². The second-order valence-corrected chi connectivity index (χ2v) is 4.14. The molecule has 0 spiro atoms. The Morgan fingerprint density at radius 1 is 1.56 bits per heavy atom. The van der Waals surface area contributed by atoms with Crippen molar-refractivity contribution in [2.24, 2.45) is 5.92 Å². The lowest BCUT2D eigenvalue weighted by Crippen LogP contribution is -2.21. The van der Waals surface area contributed by atoms with Crippen molar-refractivity contribution in [3.05, 3.63) is 6.07 Å². The second kappa shape index (κ2) is 4.55. The summed E-state index contributed by atoms with van der Waals surface area (Å²) in [5.41, 5.74) is 5.64. The van der Waals surface area contributed by atoms with Gasteiger partial charge in [0, 0.05) is 19.2 Å². The molecule has 2 heterocycles. The molecule has 5 nitrogen and oxygen atoms in total. The van der Waals surface area contributed by atoms with Crippen molar-refractivity contribution in [3.8, 4) is 5.88 Å². The van der Waals surface area contributed by atoms with Crippen LogP contribution in [0.15, 0.2) is 6.07 Å². The number of ether oxygens (including phenoxy) is 1.